The van der Waals surface area contributed by atoms with Crippen molar-refractivity contribution < 1.29 is 9.69 Å². The van der Waals surface area contributed by atoms with Gasteiger partial charge in [-0.25, -0.2) is 0 Å². The SMILES string of the molecule is Cc1ccc(Cl)cc1N1CC[NH+](CC(=O)N2CCN(c3ccccc3)CC2)CC1. The van der Waals surface area contributed by atoms with Crippen LogP contribution in [0.1, 0.15) is 5.56 Å². The summed E-state index contributed by atoms with van der Waals surface area (Å²) in [6.45, 7) is 10.1. The van der Waals surface area contributed by atoms with Gasteiger partial charge < -0.3 is 19.6 Å². The zero-order valence-electron chi connectivity index (χ0n) is 17.1. The number of carbonyl (C=O) groups is 1. The highest BCUT2D eigenvalue weighted by atomic mass is 35.5. The fraction of sp³-hybridized carbons (Fsp3) is 0.435. The number of nitrogens with one attached hydrogen (secondary N) is 1. The normalized spacial score (nSPS) is 18.2. The van der Waals surface area contributed by atoms with Gasteiger partial charge in [0, 0.05) is 42.6 Å². The molecule has 6 heteroatoms. The van der Waals surface area contributed by atoms with Crippen LogP contribution in [0.5, 0.6) is 0 Å². The maximum Gasteiger partial charge on any atom is 0.277 e. The lowest BCUT2D eigenvalue weighted by Gasteiger charge is -2.38. The molecule has 4 rings (SSSR count). The van der Waals surface area contributed by atoms with Gasteiger partial charge in [0.1, 0.15) is 0 Å². The van der Waals surface area contributed by atoms with Crippen LogP contribution in [0.4, 0.5) is 11.4 Å². The number of rotatable bonds is 4. The number of carbonyl (C=O) groups excluding carboxylic acids is 1. The quantitative estimate of drug-likeness (QED) is 0.827. The van der Waals surface area contributed by atoms with Crippen molar-refractivity contribution >= 4 is 28.9 Å². The average Bonchev–Trinajstić information content (AvgIpc) is 2.77. The number of anilines is 2. The molecule has 0 unspecified atom stereocenters. The van der Waals surface area contributed by atoms with Gasteiger partial charge in [-0.15, -0.1) is 0 Å². The van der Waals surface area contributed by atoms with Crippen molar-refractivity contribution in [3.63, 3.8) is 0 Å². The smallest absolute Gasteiger partial charge is 0.277 e. The van der Waals surface area contributed by atoms with Gasteiger partial charge in [0.05, 0.1) is 26.2 Å². The number of para-hydroxylation sites is 1. The highest BCUT2D eigenvalue weighted by Gasteiger charge is 2.27. The summed E-state index contributed by atoms with van der Waals surface area (Å²) in [5.41, 5.74) is 3.72. The van der Waals surface area contributed by atoms with Gasteiger partial charge in [0.2, 0.25) is 0 Å². The number of nitrogens with zero attached hydrogens (tertiary/aromatic N) is 3. The Hall–Kier alpha value is -2.24. The first-order valence-corrected chi connectivity index (χ1v) is 10.9. The van der Waals surface area contributed by atoms with Crippen LogP contribution < -0.4 is 14.7 Å². The second-order valence-electron chi connectivity index (χ2n) is 8.05. The van der Waals surface area contributed by atoms with E-state index in [2.05, 4.69) is 53.1 Å². The van der Waals surface area contributed by atoms with Crippen molar-refractivity contribution in [2.45, 2.75) is 6.92 Å². The van der Waals surface area contributed by atoms with Crippen molar-refractivity contribution in [3.8, 4) is 0 Å². The minimum absolute atomic E-state index is 0.292. The summed E-state index contributed by atoms with van der Waals surface area (Å²) in [4.78, 5) is 21.0. The van der Waals surface area contributed by atoms with E-state index in [0.29, 0.717) is 12.5 Å². The predicted octanol–water partition coefficient (Wildman–Crippen LogP) is 1.70. The maximum atomic E-state index is 12.8. The van der Waals surface area contributed by atoms with Crippen LogP contribution in [0.2, 0.25) is 5.02 Å². The molecule has 5 nitrogen and oxygen atoms in total. The Bertz CT molecular complexity index is 828. The third-order valence-electron chi connectivity index (χ3n) is 6.14. The summed E-state index contributed by atoms with van der Waals surface area (Å²) in [6, 6.07) is 16.5. The summed E-state index contributed by atoms with van der Waals surface area (Å²) < 4.78 is 0. The number of hydrogen-bond donors (Lipinski definition) is 1. The van der Waals surface area contributed by atoms with Crippen LogP contribution >= 0.6 is 11.6 Å². The number of piperazine rings is 2. The van der Waals surface area contributed by atoms with E-state index < -0.39 is 0 Å². The average molecular weight is 414 g/mol. The number of quaternary nitrogens is 1. The summed E-state index contributed by atoms with van der Waals surface area (Å²) in [6.07, 6.45) is 0. The molecule has 0 radical (unpaired) electrons. The van der Waals surface area contributed by atoms with Gasteiger partial charge in [-0.2, -0.15) is 0 Å². The van der Waals surface area contributed by atoms with Crippen molar-refractivity contribution in [3.05, 3.63) is 59.1 Å². The molecule has 0 aromatic heterocycles. The van der Waals surface area contributed by atoms with Crippen molar-refractivity contribution in [1.82, 2.24) is 4.90 Å². The lowest BCUT2D eigenvalue weighted by atomic mass is 10.1. The van der Waals surface area contributed by atoms with E-state index in [1.54, 1.807) is 0 Å². The molecule has 2 aliphatic rings. The zero-order valence-corrected chi connectivity index (χ0v) is 17.9. The molecule has 1 N–H and O–H groups in total. The van der Waals surface area contributed by atoms with Crippen LogP contribution in [-0.4, -0.2) is 69.7 Å². The molecule has 0 saturated carbocycles. The molecule has 2 aliphatic heterocycles. The Labute approximate surface area is 178 Å². The second-order valence-corrected chi connectivity index (χ2v) is 8.48. The molecule has 0 atom stereocenters. The molecular weight excluding hydrogens is 384 g/mol. The Morgan fingerprint density at radius 1 is 0.931 bits per heavy atom. The van der Waals surface area contributed by atoms with Crippen molar-refractivity contribution in [2.24, 2.45) is 0 Å². The molecule has 2 fully saturated rings. The van der Waals surface area contributed by atoms with E-state index in [9.17, 15) is 4.79 Å². The second kappa shape index (κ2) is 9.06. The highest BCUT2D eigenvalue weighted by Crippen LogP contribution is 2.24. The van der Waals surface area contributed by atoms with Crippen LogP contribution in [-0.2, 0) is 4.79 Å². The van der Waals surface area contributed by atoms with E-state index in [1.807, 2.05) is 17.0 Å². The number of aryl methyl sites for hydroxylation is 1. The Morgan fingerprint density at radius 3 is 2.31 bits per heavy atom. The topological polar surface area (TPSA) is 31.2 Å². The molecule has 154 valence electrons. The number of amides is 1. The van der Waals surface area contributed by atoms with Crippen LogP contribution in [0.3, 0.4) is 0 Å². The molecular formula is C23H30ClN4O+. The molecule has 0 spiro atoms. The molecule has 0 bridgehead atoms. The summed E-state index contributed by atoms with van der Waals surface area (Å²) in [5.74, 6) is 0.292. The number of halogens is 1. The first kappa shape index (κ1) is 20.0. The predicted molar refractivity (Wildman–Crippen MR) is 119 cm³/mol. The largest absolute Gasteiger partial charge is 0.368 e. The highest BCUT2D eigenvalue weighted by molar-refractivity contribution is 6.30. The Kier molecular flexibility index (Phi) is 6.26. The standard InChI is InChI=1S/C23H29ClN4O/c1-19-7-8-20(24)17-22(19)27-11-9-25(10-12-27)18-23(29)28-15-13-26(14-16-28)21-5-3-2-4-6-21/h2-8,17H,9-16,18H2,1H3/p+1. The number of hydrogen-bond acceptors (Lipinski definition) is 3. The molecule has 0 aliphatic carbocycles. The van der Waals surface area contributed by atoms with Gasteiger partial charge in [-0.3, -0.25) is 4.79 Å². The lowest BCUT2D eigenvalue weighted by molar-refractivity contribution is -0.892. The van der Waals surface area contributed by atoms with Gasteiger partial charge in [0.25, 0.3) is 5.91 Å². The van der Waals surface area contributed by atoms with E-state index >= 15 is 0 Å². The molecule has 1 amide bonds. The van der Waals surface area contributed by atoms with E-state index in [4.69, 9.17) is 11.6 Å². The van der Waals surface area contributed by atoms with Crippen LogP contribution in [0.15, 0.2) is 48.5 Å². The first-order valence-electron chi connectivity index (χ1n) is 10.5. The zero-order chi connectivity index (χ0) is 20.2. The lowest BCUT2D eigenvalue weighted by Crippen LogP contribution is -3.16. The van der Waals surface area contributed by atoms with Crippen molar-refractivity contribution in [2.75, 3.05) is 68.7 Å². The molecule has 2 heterocycles. The molecule has 2 aromatic carbocycles. The Balaban J connectivity index is 1.25. The van der Waals surface area contributed by atoms with Crippen LogP contribution in [0.25, 0.3) is 0 Å². The summed E-state index contributed by atoms with van der Waals surface area (Å²) in [7, 11) is 0. The minimum atomic E-state index is 0.292. The summed E-state index contributed by atoms with van der Waals surface area (Å²) in [5, 5.41) is 0.783. The Morgan fingerprint density at radius 2 is 1.62 bits per heavy atom. The van der Waals surface area contributed by atoms with E-state index in [0.717, 1.165) is 57.4 Å². The van der Waals surface area contributed by atoms with Gasteiger partial charge in [-0.1, -0.05) is 35.9 Å². The van der Waals surface area contributed by atoms with Crippen molar-refractivity contribution in [1.29, 1.82) is 0 Å². The third-order valence-corrected chi connectivity index (χ3v) is 6.37. The molecule has 29 heavy (non-hydrogen) atoms. The molecule has 2 aromatic rings. The minimum Gasteiger partial charge on any atom is -0.368 e. The van der Waals surface area contributed by atoms with E-state index in [-0.39, 0.29) is 0 Å². The number of benzene rings is 2. The summed E-state index contributed by atoms with van der Waals surface area (Å²) >= 11 is 6.18. The fourth-order valence-corrected chi connectivity index (χ4v) is 4.51. The van der Waals surface area contributed by atoms with Gasteiger partial charge >= 0.3 is 0 Å². The third kappa shape index (κ3) is 4.85. The van der Waals surface area contributed by atoms with Crippen LogP contribution in [0, 0.1) is 6.92 Å². The maximum absolute atomic E-state index is 12.8. The van der Waals surface area contributed by atoms with Gasteiger partial charge in [0.15, 0.2) is 6.54 Å². The monoisotopic (exact) mass is 413 g/mol. The first-order chi connectivity index (χ1) is 14.1. The van der Waals surface area contributed by atoms with E-state index in [1.165, 1.54) is 21.8 Å². The molecule has 2 saturated heterocycles. The van der Waals surface area contributed by atoms with Gasteiger partial charge in [-0.05, 0) is 36.8 Å². The fourth-order valence-electron chi connectivity index (χ4n) is 4.34.